The first kappa shape index (κ1) is 15.2. The predicted octanol–water partition coefficient (Wildman–Crippen LogP) is 3.65. The highest BCUT2D eigenvalue weighted by atomic mass is 32.1. The number of carboxylic acids is 1. The van der Waals surface area contributed by atoms with Crippen LogP contribution in [0.25, 0.3) is 22.5 Å². The molecule has 23 heavy (non-hydrogen) atoms. The van der Waals surface area contributed by atoms with Gasteiger partial charge in [0.25, 0.3) is 0 Å². The van der Waals surface area contributed by atoms with Crippen LogP contribution in [0, 0.1) is 0 Å². The third kappa shape index (κ3) is 3.22. The first-order chi connectivity index (χ1) is 11.0. The summed E-state index contributed by atoms with van der Waals surface area (Å²) in [6.45, 7) is 0. The molecule has 0 fully saturated rings. The van der Waals surface area contributed by atoms with Crippen molar-refractivity contribution in [3.8, 4) is 22.5 Å². The normalized spacial score (nSPS) is 12.0. The fraction of sp³-hybridized carbons (Fsp3) is 0.0588. The molecule has 2 aromatic carbocycles. The smallest absolute Gasteiger partial charge is 0.325 e. The molecule has 3 aromatic rings. The average Bonchev–Trinajstić information content (AvgIpc) is 3.05. The summed E-state index contributed by atoms with van der Waals surface area (Å²) in [5.74, 6) is -0.525. The number of aliphatic carboxylic acids is 1. The molecule has 0 aliphatic rings. The molecule has 0 aliphatic carbocycles. The van der Waals surface area contributed by atoms with Crippen molar-refractivity contribution in [1.82, 2.24) is 4.98 Å². The van der Waals surface area contributed by atoms with E-state index in [2.05, 4.69) is 17.6 Å². The minimum Gasteiger partial charge on any atom is -0.480 e. The van der Waals surface area contributed by atoms with E-state index in [-0.39, 0.29) is 5.89 Å². The minimum atomic E-state index is -1.10. The fourth-order valence-electron chi connectivity index (χ4n) is 2.16. The summed E-state index contributed by atoms with van der Waals surface area (Å²) in [5.41, 5.74) is 9.33. The molecule has 0 aliphatic heterocycles. The lowest BCUT2D eigenvalue weighted by molar-refractivity contribution is -0.136. The van der Waals surface area contributed by atoms with Crippen LogP contribution in [0.2, 0.25) is 0 Å². The number of benzene rings is 2. The van der Waals surface area contributed by atoms with Gasteiger partial charge in [0.05, 0.1) is 6.20 Å². The number of aromatic nitrogens is 1. The number of oxazole rings is 1. The van der Waals surface area contributed by atoms with E-state index in [0.29, 0.717) is 5.76 Å². The molecule has 0 bridgehead atoms. The predicted molar refractivity (Wildman–Crippen MR) is 91.2 cm³/mol. The monoisotopic (exact) mass is 326 g/mol. The third-order valence-electron chi connectivity index (χ3n) is 3.40. The number of hydrogen-bond donors (Lipinski definition) is 3. The molecule has 1 aromatic heterocycles. The molecular formula is C17H14N2O3S. The highest BCUT2D eigenvalue weighted by molar-refractivity contribution is 7.81. The van der Waals surface area contributed by atoms with E-state index < -0.39 is 11.2 Å². The Balaban J connectivity index is 1.85. The van der Waals surface area contributed by atoms with Gasteiger partial charge in [-0.1, -0.05) is 36.4 Å². The molecule has 0 radical (unpaired) electrons. The Hall–Kier alpha value is -2.73. The second kappa shape index (κ2) is 6.18. The van der Waals surface area contributed by atoms with E-state index in [4.69, 9.17) is 15.3 Å². The van der Waals surface area contributed by atoms with E-state index in [1.807, 2.05) is 48.5 Å². The summed E-state index contributed by atoms with van der Waals surface area (Å²) in [4.78, 5) is 14.9. The second-order valence-corrected chi connectivity index (χ2v) is 5.52. The van der Waals surface area contributed by atoms with E-state index in [0.717, 1.165) is 22.4 Å². The van der Waals surface area contributed by atoms with E-state index in [1.54, 1.807) is 0 Å². The van der Waals surface area contributed by atoms with Crippen LogP contribution in [0.3, 0.4) is 0 Å². The van der Waals surface area contributed by atoms with Gasteiger partial charge in [-0.25, -0.2) is 4.98 Å². The van der Waals surface area contributed by atoms with Crippen LogP contribution in [0.15, 0.2) is 59.1 Å². The van der Waals surface area contributed by atoms with Crippen molar-refractivity contribution in [3.05, 3.63) is 60.6 Å². The van der Waals surface area contributed by atoms with Gasteiger partial charge in [-0.05, 0) is 23.3 Å². The maximum Gasteiger partial charge on any atom is 0.325 e. The molecule has 1 atom stereocenters. The average molecular weight is 326 g/mol. The van der Waals surface area contributed by atoms with Crippen molar-refractivity contribution in [1.29, 1.82) is 0 Å². The minimum absolute atomic E-state index is 0.0680. The van der Waals surface area contributed by atoms with Crippen LogP contribution in [-0.4, -0.2) is 16.1 Å². The van der Waals surface area contributed by atoms with Gasteiger partial charge >= 0.3 is 5.97 Å². The lowest BCUT2D eigenvalue weighted by Gasteiger charge is -2.04. The Morgan fingerprint density at radius 1 is 1.04 bits per heavy atom. The summed E-state index contributed by atoms with van der Waals surface area (Å²) in [7, 11) is 0. The van der Waals surface area contributed by atoms with Gasteiger partial charge in [-0.2, -0.15) is 12.6 Å². The fourth-order valence-corrected chi connectivity index (χ4v) is 2.28. The van der Waals surface area contributed by atoms with Crippen molar-refractivity contribution in [3.63, 3.8) is 0 Å². The first-order valence-corrected chi connectivity index (χ1v) is 7.39. The van der Waals surface area contributed by atoms with Crippen molar-refractivity contribution in [2.75, 3.05) is 5.73 Å². The summed E-state index contributed by atoms with van der Waals surface area (Å²) in [6.07, 6.45) is 1.50. The number of anilines is 1. The van der Waals surface area contributed by atoms with Crippen LogP contribution < -0.4 is 5.73 Å². The zero-order valence-electron chi connectivity index (χ0n) is 12.0. The first-order valence-electron chi connectivity index (χ1n) is 6.87. The topological polar surface area (TPSA) is 89.3 Å². The van der Waals surface area contributed by atoms with Gasteiger partial charge in [0.2, 0.25) is 5.89 Å². The maximum absolute atomic E-state index is 10.9. The van der Waals surface area contributed by atoms with Crippen LogP contribution in [0.4, 0.5) is 5.69 Å². The number of thiol groups is 1. The summed E-state index contributed by atoms with van der Waals surface area (Å²) >= 11 is 3.95. The van der Waals surface area contributed by atoms with Crippen LogP contribution in [-0.2, 0) is 4.79 Å². The number of carbonyl (C=O) groups is 1. The van der Waals surface area contributed by atoms with E-state index >= 15 is 0 Å². The Morgan fingerprint density at radius 2 is 1.57 bits per heavy atom. The molecule has 5 nitrogen and oxygen atoms in total. The van der Waals surface area contributed by atoms with Gasteiger partial charge in [0, 0.05) is 11.3 Å². The maximum atomic E-state index is 10.9. The van der Waals surface area contributed by atoms with Gasteiger partial charge in [-0.3, -0.25) is 4.79 Å². The second-order valence-electron chi connectivity index (χ2n) is 5.00. The lowest BCUT2D eigenvalue weighted by atomic mass is 10.0. The van der Waals surface area contributed by atoms with E-state index in [1.165, 1.54) is 6.20 Å². The molecule has 1 unspecified atom stereocenters. The van der Waals surface area contributed by atoms with Gasteiger partial charge in [-0.15, -0.1) is 0 Å². The Labute approximate surface area is 138 Å². The van der Waals surface area contributed by atoms with E-state index in [9.17, 15) is 4.79 Å². The standard InChI is InChI=1S/C17H14N2O3S/c18-13-7-5-11(6-8-13)10-1-3-12(4-2-10)14-9-19-16(22-14)15(23)17(20)21/h1-9,15,23H,18H2,(H,20,21). The number of rotatable bonds is 4. The number of nitrogens with zero attached hydrogens (tertiary/aromatic N) is 1. The molecule has 0 spiro atoms. The molecule has 116 valence electrons. The number of carboxylic acid groups (broad SMARTS) is 1. The Bertz CT molecular complexity index is 826. The largest absolute Gasteiger partial charge is 0.480 e. The van der Waals surface area contributed by atoms with Crippen molar-refractivity contribution in [2.45, 2.75) is 5.25 Å². The van der Waals surface area contributed by atoms with Crippen molar-refractivity contribution in [2.24, 2.45) is 0 Å². The highest BCUT2D eigenvalue weighted by Gasteiger charge is 2.21. The molecule has 0 saturated heterocycles. The molecule has 0 saturated carbocycles. The molecular weight excluding hydrogens is 312 g/mol. The van der Waals surface area contributed by atoms with Gasteiger partial charge in [0.15, 0.2) is 11.0 Å². The zero-order chi connectivity index (χ0) is 16.4. The van der Waals surface area contributed by atoms with Crippen LogP contribution >= 0.6 is 12.6 Å². The Kier molecular flexibility index (Phi) is 4.08. The molecule has 3 N–H and O–H groups in total. The van der Waals surface area contributed by atoms with Gasteiger partial charge < -0.3 is 15.3 Å². The van der Waals surface area contributed by atoms with Crippen LogP contribution in [0.5, 0.6) is 0 Å². The zero-order valence-corrected chi connectivity index (χ0v) is 12.9. The summed E-state index contributed by atoms with van der Waals surface area (Å²) in [5, 5.41) is 7.84. The molecule has 0 amide bonds. The Morgan fingerprint density at radius 3 is 2.13 bits per heavy atom. The highest BCUT2D eigenvalue weighted by Crippen LogP contribution is 2.28. The molecule has 6 heteroatoms. The van der Waals surface area contributed by atoms with Crippen LogP contribution in [0.1, 0.15) is 11.1 Å². The third-order valence-corrected chi connectivity index (χ3v) is 3.85. The lowest BCUT2D eigenvalue weighted by Crippen LogP contribution is -2.04. The summed E-state index contributed by atoms with van der Waals surface area (Å²) in [6, 6.07) is 15.3. The quantitative estimate of drug-likeness (QED) is 0.503. The summed E-state index contributed by atoms with van der Waals surface area (Å²) < 4.78 is 5.47. The van der Waals surface area contributed by atoms with Crippen molar-refractivity contribution >= 4 is 24.3 Å². The van der Waals surface area contributed by atoms with Crippen molar-refractivity contribution < 1.29 is 14.3 Å². The SMILES string of the molecule is Nc1ccc(-c2ccc(-c3cnc(C(S)C(=O)O)o3)cc2)cc1. The number of nitrogens with two attached hydrogens (primary N) is 1. The molecule has 3 rings (SSSR count). The number of hydrogen-bond acceptors (Lipinski definition) is 5. The molecule has 1 heterocycles. The van der Waals surface area contributed by atoms with Gasteiger partial charge in [0.1, 0.15) is 0 Å². The number of nitrogen functional groups attached to an aromatic ring is 1.